The molecule has 0 unspecified atom stereocenters. The second kappa shape index (κ2) is 17.7. The molecule has 0 radical (unpaired) electrons. The molecule has 5 rings (SSSR count). The van der Waals surface area contributed by atoms with Gasteiger partial charge in [0, 0.05) is 30.9 Å². The van der Waals surface area contributed by atoms with Crippen LogP contribution in [-0.4, -0.2) is 97.6 Å². The number of amides is 5. The average molecular weight is 798 g/mol. The molecule has 3 aromatic rings. The summed E-state index contributed by atoms with van der Waals surface area (Å²) in [4.78, 5) is 83.1. The highest BCUT2D eigenvalue weighted by atomic mass is 28.3. The second-order valence-electron chi connectivity index (χ2n) is 16.8. The maximum absolute atomic E-state index is 14.7. The number of hydrogen-bond donors (Lipinski definition) is 3. The molecule has 1 heterocycles. The van der Waals surface area contributed by atoms with Gasteiger partial charge in [-0.15, -0.1) is 0 Å². The smallest absolute Gasteiger partial charge is 0.410 e. The summed E-state index contributed by atoms with van der Waals surface area (Å²) in [6.45, 7) is 11.1. The molecule has 3 N–H and O–H groups in total. The van der Waals surface area contributed by atoms with Crippen LogP contribution in [0.4, 0.5) is 10.5 Å². The molecule has 13 nitrogen and oxygen atoms in total. The van der Waals surface area contributed by atoms with Gasteiger partial charge in [-0.3, -0.25) is 24.1 Å². The summed E-state index contributed by atoms with van der Waals surface area (Å²) in [7, 11) is 0.703. The van der Waals surface area contributed by atoms with Crippen LogP contribution in [0.5, 0.6) is 0 Å². The van der Waals surface area contributed by atoms with Crippen molar-refractivity contribution in [1.82, 2.24) is 20.4 Å². The van der Waals surface area contributed by atoms with Crippen molar-refractivity contribution in [3.63, 3.8) is 0 Å². The number of benzene rings is 3. The highest BCUT2D eigenvalue weighted by Gasteiger charge is 2.47. The Kier molecular flexibility index (Phi) is 13.3. The van der Waals surface area contributed by atoms with Gasteiger partial charge in [0.25, 0.3) is 5.91 Å². The largest absolute Gasteiger partial charge is 0.465 e. The number of methoxy groups -OCH3 is 1. The monoisotopic (exact) mass is 797 g/mol. The minimum absolute atomic E-state index is 0.0828. The number of likely N-dealkylation sites (N-methyl/N-ethyl adjacent to an activating group) is 1. The SMILES string of the molecule is COC(=O)c1ccc(C(=O)Nc2ccc(C[C@H](NC(=O)[C@H](C)N(C)C(=O)OC(C)(C)C)C(=O)N3C[Si](C)(C)C[C@H]3C(=O)N[C@@H]3CCCc4ccccc43)cc2)cc1. The van der Waals surface area contributed by atoms with Gasteiger partial charge in [0.2, 0.25) is 17.7 Å². The van der Waals surface area contributed by atoms with E-state index < -0.39 is 49.8 Å². The first kappa shape index (κ1) is 42.6. The van der Waals surface area contributed by atoms with Gasteiger partial charge in [-0.1, -0.05) is 49.5 Å². The molecule has 304 valence electrons. The number of hydrogen-bond acceptors (Lipinski definition) is 8. The molecule has 57 heavy (non-hydrogen) atoms. The van der Waals surface area contributed by atoms with Gasteiger partial charge < -0.3 is 30.3 Å². The van der Waals surface area contributed by atoms with Crippen LogP contribution < -0.4 is 16.0 Å². The van der Waals surface area contributed by atoms with Crippen LogP contribution in [0.3, 0.4) is 0 Å². The summed E-state index contributed by atoms with van der Waals surface area (Å²) in [5.41, 5.74) is 3.40. The van der Waals surface area contributed by atoms with Gasteiger partial charge in [-0.2, -0.15) is 0 Å². The first-order chi connectivity index (χ1) is 26.9. The highest BCUT2D eigenvalue weighted by Crippen LogP contribution is 2.32. The van der Waals surface area contributed by atoms with Gasteiger partial charge >= 0.3 is 12.1 Å². The topological polar surface area (TPSA) is 163 Å². The Morgan fingerprint density at radius 1 is 0.930 bits per heavy atom. The van der Waals surface area contributed by atoms with Crippen molar-refractivity contribution in [3.05, 3.63) is 101 Å². The zero-order valence-electron chi connectivity index (χ0n) is 34.1. The number of nitrogens with one attached hydrogen (secondary N) is 3. The molecule has 0 bridgehead atoms. The molecule has 0 saturated carbocycles. The molecule has 1 saturated heterocycles. The molecule has 1 fully saturated rings. The van der Waals surface area contributed by atoms with Crippen LogP contribution in [0.2, 0.25) is 19.1 Å². The molecule has 5 amide bonds. The lowest BCUT2D eigenvalue weighted by atomic mass is 9.87. The van der Waals surface area contributed by atoms with E-state index in [0.29, 0.717) is 34.6 Å². The van der Waals surface area contributed by atoms with Gasteiger partial charge in [0.15, 0.2) is 0 Å². The summed E-state index contributed by atoms with van der Waals surface area (Å²) in [6, 6.07) is 18.8. The van der Waals surface area contributed by atoms with Crippen LogP contribution >= 0.6 is 0 Å². The minimum Gasteiger partial charge on any atom is -0.465 e. The number of ether oxygens (including phenoxy) is 2. The normalized spacial score (nSPS) is 18.3. The van der Waals surface area contributed by atoms with Gasteiger partial charge in [0.1, 0.15) is 23.7 Å². The van der Waals surface area contributed by atoms with Gasteiger partial charge in [0.05, 0.1) is 26.8 Å². The summed E-state index contributed by atoms with van der Waals surface area (Å²) in [5.74, 6) is -2.03. The van der Waals surface area contributed by atoms with Crippen LogP contribution in [0, 0.1) is 0 Å². The number of anilines is 1. The lowest BCUT2D eigenvalue weighted by Crippen LogP contribution is -2.57. The first-order valence-corrected chi connectivity index (χ1v) is 22.8. The van der Waals surface area contributed by atoms with Crippen molar-refractivity contribution in [3.8, 4) is 0 Å². The van der Waals surface area contributed by atoms with Crippen LogP contribution in [-0.2, 0) is 36.7 Å². The number of carbonyl (C=O) groups is 6. The maximum atomic E-state index is 14.7. The molecule has 4 atom stereocenters. The molecule has 0 spiro atoms. The first-order valence-electron chi connectivity index (χ1n) is 19.4. The van der Waals surface area contributed by atoms with E-state index in [1.807, 2.05) is 12.1 Å². The molecular weight excluding hydrogens is 743 g/mol. The van der Waals surface area contributed by atoms with Crippen molar-refractivity contribution in [1.29, 1.82) is 0 Å². The fraction of sp³-hybridized carbons (Fsp3) is 0.442. The third-order valence-electron chi connectivity index (χ3n) is 10.5. The Hall–Kier alpha value is -5.50. The van der Waals surface area contributed by atoms with E-state index in [0.717, 1.165) is 24.8 Å². The molecule has 0 aromatic heterocycles. The number of rotatable bonds is 11. The zero-order valence-corrected chi connectivity index (χ0v) is 35.1. The quantitative estimate of drug-likeness (QED) is 0.165. The van der Waals surface area contributed by atoms with E-state index >= 15 is 0 Å². The van der Waals surface area contributed by atoms with E-state index in [2.05, 4.69) is 41.2 Å². The number of fused-ring (bicyclic) bond motifs is 1. The Balaban J connectivity index is 1.36. The summed E-state index contributed by atoms with van der Waals surface area (Å²) in [5, 5.41) is 9.01. The summed E-state index contributed by atoms with van der Waals surface area (Å²) < 4.78 is 10.2. The zero-order chi connectivity index (χ0) is 41.7. The highest BCUT2D eigenvalue weighted by molar-refractivity contribution is 6.79. The molecule has 3 aromatic carbocycles. The Morgan fingerprint density at radius 3 is 2.23 bits per heavy atom. The van der Waals surface area contributed by atoms with E-state index in [1.165, 1.54) is 48.9 Å². The maximum Gasteiger partial charge on any atom is 0.410 e. The van der Waals surface area contributed by atoms with Crippen molar-refractivity contribution in [2.75, 3.05) is 25.6 Å². The second-order valence-corrected chi connectivity index (χ2v) is 21.8. The van der Waals surface area contributed by atoms with Crippen molar-refractivity contribution < 1.29 is 38.2 Å². The van der Waals surface area contributed by atoms with Gasteiger partial charge in [-0.25, -0.2) is 9.59 Å². The Labute approximate surface area is 335 Å². The molecule has 1 aliphatic heterocycles. The van der Waals surface area contributed by atoms with Crippen LogP contribution in [0.15, 0.2) is 72.8 Å². The number of nitrogens with zero attached hydrogens (tertiary/aromatic N) is 2. The number of aryl methyl sites for hydroxylation is 1. The van der Waals surface area contributed by atoms with Crippen molar-refractivity contribution in [2.24, 2.45) is 0 Å². The summed E-state index contributed by atoms with van der Waals surface area (Å²) in [6.07, 6.45) is 2.56. The molecule has 2 aliphatic rings. The van der Waals surface area contributed by atoms with Crippen molar-refractivity contribution >= 4 is 49.5 Å². The van der Waals surface area contributed by atoms with Crippen LogP contribution in [0.25, 0.3) is 0 Å². The number of esters is 1. The molecule has 14 heteroatoms. The standard InChI is InChI=1S/C43H55N5O8Si/c1-27(47(5)42(54)56-43(2,3)4)37(49)46-35(24-28-16-22-32(23-17-28)44-38(50)30-18-20-31(21-19-30)41(53)55-6)40(52)48-26-57(7,8)25-36(48)39(51)45-34-15-11-13-29-12-9-10-14-33(29)34/h9-10,12,14,16-23,27,34-36H,11,13,15,24-26H2,1-8H3,(H,44,50)(H,45,51)(H,46,49)/t27-,34+,35-,36-/m0/s1. The predicted molar refractivity (Wildman–Crippen MR) is 219 cm³/mol. The van der Waals surface area contributed by atoms with E-state index in [4.69, 9.17) is 9.47 Å². The predicted octanol–water partition coefficient (Wildman–Crippen LogP) is 5.66. The van der Waals surface area contributed by atoms with Crippen molar-refractivity contribution in [2.45, 2.75) is 102 Å². The van der Waals surface area contributed by atoms with E-state index in [1.54, 1.807) is 56.9 Å². The molecular formula is C43H55N5O8Si. The minimum atomic E-state index is -2.05. The number of carbonyl (C=O) groups excluding carboxylic acids is 6. The fourth-order valence-corrected chi connectivity index (χ4v) is 10.2. The fourth-order valence-electron chi connectivity index (χ4n) is 7.31. The lowest BCUT2D eigenvalue weighted by Gasteiger charge is -2.33. The summed E-state index contributed by atoms with van der Waals surface area (Å²) >= 11 is 0. The Bertz CT molecular complexity index is 1980. The third-order valence-corrected chi connectivity index (χ3v) is 13.2. The van der Waals surface area contributed by atoms with E-state index in [9.17, 15) is 28.8 Å². The lowest BCUT2D eigenvalue weighted by molar-refractivity contribution is -0.141. The van der Waals surface area contributed by atoms with Gasteiger partial charge in [-0.05, 0) is 106 Å². The van der Waals surface area contributed by atoms with Crippen LogP contribution in [0.1, 0.15) is 84.0 Å². The third kappa shape index (κ3) is 10.9. The molecule has 1 aliphatic carbocycles. The Morgan fingerprint density at radius 2 is 1.58 bits per heavy atom. The van der Waals surface area contributed by atoms with E-state index in [-0.39, 0.29) is 30.2 Å². The average Bonchev–Trinajstić information content (AvgIpc) is 3.51.